The number of nitrogens with zero attached hydrogens (tertiary/aromatic N) is 6. The van der Waals surface area contributed by atoms with Crippen LogP contribution in [0.3, 0.4) is 0 Å². The minimum Gasteiger partial charge on any atom is -0.444 e. The number of amides is 2. The molecule has 0 saturated carbocycles. The number of aromatic nitrogens is 4. The number of carbonyl (C=O) groups is 2. The fourth-order valence-corrected chi connectivity index (χ4v) is 7.97. The molecule has 2 aromatic heterocycles. The van der Waals surface area contributed by atoms with Crippen molar-refractivity contribution < 1.29 is 36.6 Å². The van der Waals surface area contributed by atoms with Crippen LogP contribution >= 0.6 is 46.4 Å². The molecular formula is C46H44Cl4F4N8O4. The molecule has 4 aromatic carbocycles. The molecule has 2 N–H and O–H groups in total. The maximum atomic E-state index is 15.9. The van der Waals surface area contributed by atoms with Crippen molar-refractivity contribution >= 4 is 103 Å². The van der Waals surface area contributed by atoms with E-state index in [1.807, 2.05) is 0 Å². The molecule has 2 fully saturated rings. The number of rotatable bonds is 6. The van der Waals surface area contributed by atoms with Crippen LogP contribution in [0.4, 0.5) is 50.2 Å². The molecule has 66 heavy (non-hydrogen) atoms. The Morgan fingerprint density at radius 1 is 0.606 bits per heavy atom. The average molecular weight is 991 g/mol. The molecule has 2 amide bonds. The summed E-state index contributed by atoms with van der Waals surface area (Å²) in [5.74, 6) is -0.884. The van der Waals surface area contributed by atoms with Gasteiger partial charge in [-0.15, -0.1) is 0 Å². The van der Waals surface area contributed by atoms with Gasteiger partial charge in [-0.25, -0.2) is 47.1 Å². The summed E-state index contributed by atoms with van der Waals surface area (Å²) in [6.07, 6.45) is 1.79. The van der Waals surface area contributed by atoms with Crippen LogP contribution < -0.4 is 10.6 Å². The second kappa shape index (κ2) is 18.7. The van der Waals surface area contributed by atoms with E-state index in [2.05, 4.69) is 30.6 Å². The Balaban J connectivity index is 0.000000196. The molecule has 0 radical (unpaired) electrons. The van der Waals surface area contributed by atoms with Crippen LogP contribution in [0.15, 0.2) is 73.3 Å². The number of fused-ring (bicyclic) bond motifs is 2. The first kappa shape index (κ1) is 48.5. The minimum absolute atomic E-state index is 0.0710. The van der Waals surface area contributed by atoms with E-state index in [0.717, 1.165) is 0 Å². The molecule has 2 aliphatic heterocycles. The zero-order chi connectivity index (χ0) is 47.9. The van der Waals surface area contributed by atoms with Crippen molar-refractivity contribution in [2.75, 3.05) is 36.8 Å². The fourth-order valence-electron chi connectivity index (χ4n) is 7.35. The van der Waals surface area contributed by atoms with Crippen LogP contribution in [0.1, 0.15) is 65.5 Å². The number of hydrogen-bond donors (Lipinski definition) is 2. The van der Waals surface area contributed by atoms with Gasteiger partial charge in [0.05, 0.1) is 55.6 Å². The van der Waals surface area contributed by atoms with Crippen LogP contribution in [0.5, 0.6) is 0 Å². The van der Waals surface area contributed by atoms with Gasteiger partial charge in [-0.2, -0.15) is 0 Å². The van der Waals surface area contributed by atoms with Crippen molar-refractivity contribution in [2.24, 2.45) is 0 Å². The zero-order valence-corrected chi connectivity index (χ0v) is 39.5. The van der Waals surface area contributed by atoms with Gasteiger partial charge in [0.2, 0.25) is 0 Å². The van der Waals surface area contributed by atoms with Crippen LogP contribution in [0.2, 0.25) is 20.1 Å². The Kier molecular flexibility index (Phi) is 13.7. The highest BCUT2D eigenvalue weighted by atomic mass is 35.5. The molecule has 2 saturated heterocycles. The Morgan fingerprint density at radius 3 is 1.35 bits per heavy atom. The number of anilines is 4. The largest absolute Gasteiger partial charge is 0.444 e. The lowest BCUT2D eigenvalue weighted by molar-refractivity contribution is 0.0248. The van der Waals surface area contributed by atoms with Crippen molar-refractivity contribution in [3.05, 3.63) is 116 Å². The third-order valence-corrected chi connectivity index (χ3v) is 12.2. The predicted molar refractivity (Wildman–Crippen MR) is 249 cm³/mol. The lowest BCUT2D eigenvalue weighted by Gasteiger charge is -2.25. The molecule has 20 heteroatoms. The molecule has 0 aliphatic carbocycles. The highest BCUT2D eigenvalue weighted by Crippen LogP contribution is 2.41. The van der Waals surface area contributed by atoms with Gasteiger partial charge >= 0.3 is 12.2 Å². The first-order valence-electron chi connectivity index (χ1n) is 20.6. The maximum Gasteiger partial charge on any atom is 0.410 e. The molecule has 8 rings (SSSR count). The summed E-state index contributed by atoms with van der Waals surface area (Å²) in [6.45, 7) is 10.8. The van der Waals surface area contributed by atoms with E-state index in [-0.39, 0.29) is 82.1 Å². The molecule has 2 atom stereocenters. The van der Waals surface area contributed by atoms with E-state index in [1.54, 1.807) is 77.9 Å². The highest BCUT2D eigenvalue weighted by molar-refractivity contribution is 6.42. The number of benzene rings is 4. The molecule has 0 bridgehead atoms. The van der Waals surface area contributed by atoms with E-state index in [9.17, 15) is 18.4 Å². The fraction of sp³-hybridized carbons (Fsp3) is 0.348. The quantitative estimate of drug-likeness (QED) is 0.123. The summed E-state index contributed by atoms with van der Waals surface area (Å²) in [4.78, 5) is 44.3. The second-order valence-electron chi connectivity index (χ2n) is 17.8. The maximum absolute atomic E-state index is 15.9. The van der Waals surface area contributed by atoms with Gasteiger partial charge in [-0.1, -0.05) is 58.5 Å². The van der Waals surface area contributed by atoms with Gasteiger partial charge in [0.15, 0.2) is 23.0 Å². The summed E-state index contributed by atoms with van der Waals surface area (Å²) in [7, 11) is 0. The van der Waals surface area contributed by atoms with Crippen molar-refractivity contribution in [1.29, 1.82) is 0 Å². The number of hydrogen-bond acceptors (Lipinski definition) is 10. The van der Waals surface area contributed by atoms with Gasteiger partial charge < -0.3 is 29.9 Å². The van der Waals surface area contributed by atoms with E-state index >= 15 is 8.78 Å². The molecule has 6 aromatic rings. The second-order valence-corrected chi connectivity index (χ2v) is 19.4. The summed E-state index contributed by atoms with van der Waals surface area (Å²) in [5.41, 5.74) is -2.91. The number of carbonyl (C=O) groups excluding carboxylic acids is 2. The van der Waals surface area contributed by atoms with Gasteiger partial charge in [0.1, 0.15) is 35.5 Å². The van der Waals surface area contributed by atoms with Crippen molar-refractivity contribution in [1.82, 2.24) is 29.7 Å². The van der Waals surface area contributed by atoms with Gasteiger partial charge in [-0.3, -0.25) is 0 Å². The molecule has 0 spiro atoms. The average Bonchev–Trinajstić information content (AvgIpc) is 3.87. The molecule has 12 nitrogen and oxygen atoms in total. The lowest BCUT2D eigenvalue weighted by Crippen LogP contribution is -2.37. The molecule has 348 valence electrons. The van der Waals surface area contributed by atoms with E-state index in [0.29, 0.717) is 32.9 Å². The van der Waals surface area contributed by atoms with Crippen molar-refractivity contribution in [2.45, 2.75) is 76.9 Å². The van der Waals surface area contributed by atoms with E-state index < -0.39 is 46.4 Å². The molecular weight excluding hydrogens is 946 g/mol. The normalized spacial score (nSPS) is 18.6. The molecule has 2 aliphatic rings. The zero-order valence-electron chi connectivity index (χ0n) is 36.5. The summed E-state index contributed by atoms with van der Waals surface area (Å²) in [5, 5.41) is 6.52. The molecule has 4 heterocycles. The van der Waals surface area contributed by atoms with E-state index in [4.69, 9.17) is 55.9 Å². The van der Waals surface area contributed by atoms with Crippen LogP contribution in [0, 0.1) is 11.6 Å². The van der Waals surface area contributed by atoms with E-state index in [1.165, 1.54) is 46.7 Å². The number of likely N-dealkylation sites (tertiary alicyclic amines) is 2. The number of nitrogens with one attached hydrogen (secondary N) is 2. The van der Waals surface area contributed by atoms with Crippen molar-refractivity contribution in [3.8, 4) is 0 Å². The summed E-state index contributed by atoms with van der Waals surface area (Å²) >= 11 is 23.5. The predicted octanol–water partition coefficient (Wildman–Crippen LogP) is 13.2. The Morgan fingerprint density at radius 2 is 0.985 bits per heavy atom. The summed E-state index contributed by atoms with van der Waals surface area (Å²) < 4.78 is 71.7. The lowest BCUT2D eigenvalue weighted by atomic mass is 9.93. The van der Waals surface area contributed by atoms with Crippen LogP contribution in [-0.4, -0.2) is 79.3 Å². The van der Waals surface area contributed by atoms with Gasteiger partial charge in [0.25, 0.3) is 0 Å². The SMILES string of the molecule is CC(C)(C)OC(=O)N1CCC(F)(c2ccc3ncnc(Nc4ccc(Cl)c(Cl)c4F)c3c2)C1.CC(C)(C)OC(=O)N1CC[C@@](F)(c2ccc3ncnc(Nc4ccc(Cl)c(Cl)c4F)c3c2)C1. The topological polar surface area (TPSA) is 135 Å². The first-order chi connectivity index (χ1) is 30.9. The number of alkyl halides is 2. The highest BCUT2D eigenvalue weighted by Gasteiger charge is 2.44. The standard InChI is InChI=1S/2C23H22Cl2F2N4O2/c2*1-22(2,3)33-21(32)31-9-8-23(27,11-31)13-4-6-16-14(10-13)20(29-12-28-16)30-17-7-5-15(24)18(25)19(17)26/h2*4-7,10,12H,8-9,11H2,1-3H3,(H,28,29,30)/t23-;/m0./s1. The Labute approximate surface area is 397 Å². The molecule has 1 unspecified atom stereocenters. The van der Waals surface area contributed by atoms with Crippen LogP contribution in [0.25, 0.3) is 21.8 Å². The van der Waals surface area contributed by atoms with Gasteiger partial charge in [-0.05, 0) is 101 Å². The number of ether oxygens (including phenoxy) is 2. The van der Waals surface area contributed by atoms with Crippen molar-refractivity contribution in [3.63, 3.8) is 0 Å². The van der Waals surface area contributed by atoms with Gasteiger partial charge in [0, 0.05) is 36.7 Å². The third-order valence-electron chi connectivity index (χ3n) is 10.6. The first-order valence-corrected chi connectivity index (χ1v) is 22.1. The Hall–Kier alpha value is -5.42. The summed E-state index contributed by atoms with van der Waals surface area (Å²) in [6, 6.07) is 15.6. The van der Waals surface area contributed by atoms with Crippen LogP contribution in [-0.2, 0) is 20.8 Å². The number of halogens is 8. The Bertz CT molecular complexity index is 2660. The minimum atomic E-state index is -1.77. The smallest absolute Gasteiger partial charge is 0.410 e. The third kappa shape index (κ3) is 10.7. The monoisotopic (exact) mass is 988 g/mol.